The van der Waals surface area contributed by atoms with Crippen LogP contribution in [0.15, 0.2) is 48.7 Å². The number of nitrogens with one attached hydrogen (secondary N) is 1. The van der Waals surface area contributed by atoms with Gasteiger partial charge in [0, 0.05) is 36.5 Å². The minimum Gasteiger partial charge on any atom is -0.369 e. The third kappa shape index (κ3) is 4.56. The zero-order valence-electron chi connectivity index (χ0n) is 20.4. The van der Waals surface area contributed by atoms with E-state index in [0.717, 1.165) is 12.1 Å². The van der Waals surface area contributed by atoms with Crippen molar-refractivity contribution < 1.29 is 31.1 Å². The van der Waals surface area contributed by atoms with E-state index in [0.29, 0.717) is 18.4 Å². The fourth-order valence-electron chi connectivity index (χ4n) is 5.49. The minimum absolute atomic E-state index is 0.0642. The number of anilines is 2. The molecular formula is C26H25F6N5O. The standard InChI is InChI=1S/C26H25F6N5O/c1-15-19-13-33-34-24(19)36(14-16-5-2-3-7-20(16)26(30,31)32)25(38)37(15)17-9-11-35(12-10-17)22-18(23(28)29)6-4-8-21(22)27/h2-8,13,15,17,23H,9-12,14H2,1H3,(H,33,34). The Morgan fingerprint density at radius 3 is 2.47 bits per heavy atom. The highest BCUT2D eigenvalue weighted by Crippen LogP contribution is 2.41. The fraction of sp³-hybridized carbons (Fsp3) is 0.385. The molecule has 1 unspecified atom stereocenters. The van der Waals surface area contributed by atoms with E-state index in [1.165, 1.54) is 35.2 Å². The van der Waals surface area contributed by atoms with Crippen LogP contribution in [0.2, 0.25) is 0 Å². The number of alkyl halides is 5. The van der Waals surface area contributed by atoms with Crippen molar-refractivity contribution in [3.63, 3.8) is 0 Å². The summed E-state index contributed by atoms with van der Waals surface area (Å²) in [6.45, 7) is 1.95. The van der Waals surface area contributed by atoms with Gasteiger partial charge in [-0.05, 0) is 37.5 Å². The molecule has 202 valence electrons. The van der Waals surface area contributed by atoms with E-state index in [2.05, 4.69) is 10.2 Å². The lowest BCUT2D eigenvalue weighted by molar-refractivity contribution is -0.138. The molecule has 0 radical (unpaired) electrons. The van der Waals surface area contributed by atoms with Crippen LogP contribution < -0.4 is 9.80 Å². The highest BCUT2D eigenvalue weighted by atomic mass is 19.4. The number of piperidine rings is 1. The van der Waals surface area contributed by atoms with Crippen molar-refractivity contribution in [2.24, 2.45) is 0 Å². The van der Waals surface area contributed by atoms with E-state index in [4.69, 9.17) is 0 Å². The average Bonchev–Trinajstić information content (AvgIpc) is 3.37. The number of aromatic nitrogens is 2. The van der Waals surface area contributed by atoms with Crippen molar-refractivity contribution in [3.8, 4) is 0 Å². The number of halogens is 6. The smallest absolute Gasteiger partial charge is 0.369 e. The van der Waals surface area contributed by atoms with E-state index >= 15 is 0 Å². The van der Waals surface area contributed by atoms with Gasteiger partial charge in [-0.1, -0.05) is 30.3 Å². The molecule has 3 heterocycles. The lowest BCUT2D eigenvalue weighted by Crippen LogP contribution is -2.55. The van der Waals surface area contributed by atoms with E-state index < -0.39 is 36.1 Å². The maximum Gasteiger partial charge on any atom is 0.416 e. The number of benzene rings is 2. The first-order chi connectivity index (χ1) is 18.1. The first-order valence-corrected chi connectivity index (χ1v) is 12.2. The van der Waals surface area contributed by atoms with Crippen LogP contribution in [0.5, 0.6) is 0 Å². The Kier molecular flexibility index (Phi) is 6.74. The van der Waals surface area contributed by atoms with Crippen molar-refractivity contribution in [2.45, 2.75) is 51.0 Å². The number of carbonyl (C=O) groups is 1. The van der Waals surface area contributed by atoms with Gasteiger partial charge in [0.15, 0.2) is 5.82 Å². The number of urea groups is 1. The van der Waals surface area contributed by atoms with Crippen LogP contribution >= 0.6 is 0 Å². The number of hydrogen-bond donors (Lipinski definition) is 1. The van der Waals surface area contributed by atoms with Crippen molar-refractivity contribution >= 4 is 17.5 Å². The largest absolute Gasteiger partial charge is 0.416 e. The van der Waals surface area contributed by atoms with Gasteiger partial charge in [-0.15, -0.1) is 0 Å². The Bertz CT molecular complexity index is 1320. The molecule has 12 heteroatoms. The van der Waals surface area contributed by atoms with E-state index in [1.54, 1.807) is 16.0 Å². The van der Waals surface area contributed by atoms with Gasteiger partial charge in [0.25, 0.3) is 6.43 Å². The van der Waals surface area contributed by atoms with Crippen molar-refractivity contribution in [1.82, 2.24) is 15.1 Å². The SMILES string of the molecule is CC1c2c[nH]nc2N(Cc2ccccc2C(F)(F)F)C(=O)N1C1CCN(c2c(F)cccc2C(F)F)CC1. The number of H-pyrrole nitrogens is 1. The molecular weight excluding hydrogens is 512 g/mol. The molecule has 2 aliphatic heterocycles. The summed E-state index contributed by atoms with van der Waals surface area (Å²) in [4.78, 5) is 18.2. The van der Waals surface area contributed by atoms with Crippen molar-refractivity contribution in [2.75, 3.05) is 22.9 Å². The minimum atomic E-state index is -4.59. The molecule has 3 aromatic rings. The first kappa shape index (κ1) is 25.9. The summed E-state index contributed by atoms with van der Waals surface area (Å²) in [7, 11) is 0. The predicted molar refractivity (Wildman–Crippen MR) is 128 cm³/mol. The van der Waals surface area contributed by atoms with Crippen LogP contribution in [0.3, 0.4) is 0 Å². The predicted octanol–water partition coefficient (Wildman–Crippen LogP) is 6.68. The monoisotopic (exact) mass is 537 g/mol. The van der Waals surface area contributed by atoms with Crippen LogP contribution in [0.1, 0.15) is 54.5 Å². The fourth-order valence-corrected chi connectivity index (χ4v) is 5.49. The van der Waals surface area contributed by atoms with Gasteiger partial charge in [-0.3, -0.25) is 10.00 Å². The molecule has 2 amide bonds. The Labute approximate surface area is 214 Å². The molecule has 1 aromatic heterocycles. The number of aromatic amines is 1. The van der Waals surface area contributed by atoms with Crippen LogP contribution in [-0.4, -0.2) is 40.3 Å². The summed E-state index contributed by atoms with van der Waals surface area (Å²) in [6, 6.07) is 7.41. The Hall–Kier alpha value is -3.70. The number of rotatable bonds is 5. The number of para-hydroxylation sites is 1. The second-order valence-corrected chi connectivity index (χ2v) is 9.47. The van der Waals surface area contributed by atoms with Crippen molar-refractivity contribution in [1.29, 1.82) is 0 Å². The van der Waals surface area contributed by atoms with Crippen LogP contribution in [0, 0.1) is 5.82 Å². The molecule has 6 nitrogen and oxygen atoms in total. The van der Waals surface area contributed by atoms with Gasteiger partial charge in [0.05, 0.1) is 23.8 Å². The quantitative estimate of drug-likeness (QED) is 0.370. The third-order valence-corrected chi connectivity index (χ3v) is 7.30. The van der Waals surface area contributed by atoms with Gasteiger partial charge < -0.3 is 9.80 Å². The van der Waals surface area contributed by atoms with E-state index in [1.807, 2.05) is 6.92 Å². The van der Waals surface area contributed by atoms with Crippen LogP contribution in [-0.2, 0) is 12.7 Å². The molecule has 0 bridgehead atoms. The number of fused-ring (bicyclic) bond motifs is 1. The van der Waals surface area contributed by atoms with Gasteiger partial charge in [0.2, 0.25) is 0 Å². The summed E-state index contributed by atoms with van der Waals surface area (Å²) in [5, 5.41) is 6.86. The maximum atomic E-state index is 14.5. The Morgan fingerprint density at radius 1 is 1.08 bits per heavy atom. The molecule has 1 fully saturated rings. The molecule has 2 aliphatic rings. The first-order valence-electron chi connectivity index (χ1n) is 12.2. The average molecular weight is 538 g/mol. The zero-order valence-corrected chi connectivity index (χ0v) is 20.4. The van der Waals surface area contributed by atoms with Gasteiger partial charge in [-0.2, -0.15) is 18.3 Å². The maximum absolute atomic E-state index is 14.5. The second-order valence-electron chi connectivity index (χ2n) is 9.47. The third-order valence-electron chi connectivity index (χ3n) is 7.30. The van der Waals surface area contributed by atoms with Gasteiger partial charge >= 0.3 is 12.2 Å². The summed E-state index contributed by atoms with van der Waals surface area (Å²) in [6.07, 6.45) is -5.07. The molecule has 1 saturated heterocycles. The topological polar surface area (TPSA) is 55.5 Å². The highest BCUT2D eigenvalue weighted by Gasteiger charge is 2.43. The molecule has 5 rings (SSSR count). The van der Waals surface area contributed by atoms with E-state index in [9.17, 15) is 31.1 Å². The molecule has 0 saturated carbocycles. The summed E-state index contributed by atoms with van der Waals surface area (Å²) >= 11 is 0. The lowest BCUT2D eigenvalue weighted by Gasteiger charge is -2.46. The molecule has 0 spiro atoms. The lowest BCUT2D eigenvalue weighted by atomic mass is 9.96. The molecule has 2 aromatic carbocycles. The summed E-state index contributed by atoms with van der Waals surface area (Å²) < 4.78 is 82.5. The van der Waals surface area contributed by atoms with Crippen molar-refractivity contribution in [3.05, 3.63) is 76.7 Å². The number of carbonyl (C=O) groups excluding carboxylic acids is 1. The van der Waals surface area contributed by atoms with E-state index in [-0.39, 0.29) is 48.3 Å². The zero-order chi connectivity index (χ0) is 27.2. The number of hydrogen-bond acceptors (Lipinski definition) is 3. The summed E-state index contributed by atoms with van der Waals surface area (Å²) in [5.74, 6) is -0.470. The number of nitrogens with zero attached hydrogens (tertiary/aromatic N) is 4. The second kappa shape index (κ2) is 9.88. The van der Waals surface area contributed by atoms with Crippen LogP contribution in [0.4, 0.5) is 42.6 Å². The normalized spacial score (nSPS) is 18.9. The van der Waals surface area contributed by atoms with Gasteiger partial charge in [0.1, 0.15) is 5.82 Å². The Balaban J connectivity index is 1.40. The molecule has 1 atom stereocenters. The van der Waals surface area contributed by atoms with Gasteiger partial charge in [-0.25, -0.2) is 18.0 Å². The summed E-state index contributed by atoms with van der Waals surface area (Å²) in [5.41, 5.74) is -0.760. The highest BCUT2D eigenvalue weighted by molar-refractivity contribution is 5.94. The van der Waals surface area contributed by atoms with Crippen LogP contribution in [0.25, 0.3) is 0 Å². The number of amides is 2. The molecule has 0 aliphatic carbocycles. The molecule has 38 heavy (non-hydrogen) atoms. The Morgan fingerprint density at radius 2 is 1.79 bits per heavy atom. The molecule has 1 N–H and O–H groups in total.